The van der Waals surface area contributed by atoms with Crippen molar-refractivity contribution >= 4 is 29.6 Å². The van der Waals surface area contributed by atoms with Crippen LogP contribution >= 0.6 is 0 Å². The van der Waals surface area contributed by atoms with Gasteiger partial charge in [-0.25, -0.2) is 9.78 Å². The van der Waals surface area contributed by atoms with E-state index in [9.17, 15) is 19.2 Å². The molecular formula is C27H27N5O4. The van der Waals surface area contributed by atoms with Gasteiger partial charge in [0, 0.05) is 49.3 Å². The fraction of sp³-hybridized carbons (Fsp3) is 0.370. The molecule has 5 rings (SSSR count). The number of anilines is 1. The van der Waals surface area contributed by atoms with Gasteiger partial charge < -0.3 is 9.80 Å². The molecule has 2 N–H and O–H groups in total. The number of likely N-dealkylation sites (tertiary alicyclic amines) is 1. The topological polar surface area (TPSA) is 112 Å². The Kier molecular flexibility index (Phi) is 6.42. The highest BCUT2D eigenvalue weighted by atomic mass is 16.2. The van der Waals surface area contributed by atoms with Gasteiger partial charge in [-0.05, 0) is 55.5 Å². The molecule has 1 aromatic heterocycles. The van der Waals surface area contributed by atoms with Crippen molar-refractivity contribution in [3.8, 4) is 11.8 Å². The van der Waals surface area contributed by atoms with Crippen LogP contribution in [0.15, 0.2) is 36.5 Å². The van der Waals surface area contributed by atoms with E-state index < -0.39 is 11.9 Å². The summed E-state index contributed by atoms with van der Waals surface area (Å²) in [5, 5.41) is 5.16. The molecule has 0 bridgehead atoms. The van der Waals surface area contributed by atoms with Gasteiger partial charge in [-0.3, -0.25) is 25.0 Å². The Bertz CT molecular complexity index is 1290. The molecule has 9 heteroatoms. The lowest BCUT2D eigenvalue weighted by Crippen LogP contribution is -2.52. The Balaban J connectivity index is 1.21. The minimum absolute atomic E-state index is 0.144. The number of hydrogen-bond donors (Lipinski definition) is 2. The number of fused-ring (bicyclic) bond motifs is 1. The molecule has 5 amide bonds. The number of piperidine rings is 2. The first-order chi connectivity index (χ1) is 17.4. The number of rotatable bonds is 2. The first-order valence-corrected chi connectivity index (χ1v) is 12.2. The zero-order valence-corrected chi connectivity index (χ0v) is 20.0. The van der Waals surface area contributed by atoms with Crippen molar-refractivity contribution in [2.24, 2.45) is 5.92 Å². The van der Waals surface area contributed by atoms with E-state index in [1.54, 1.807) is 29.3 Å². The smallest absolute Gasteiger partial charge is 0.323 e. The molecule has 2 aromatic rings. The van der Waals surface area contributed by atoms with Crippen molar-refractivity contribution in [1.82, 2.24) is 20.1 Å². The van der Waals surface area contributed by atoms with Crippen LogP contribution in [0.25, 0.3) is 0 Å². The largest absolute Gasteiger partial charge is 0.324 e. The van der Waals surface area contributed by atoms with Gasteiger partial charge in [-0.2, -0.15) is 0 Å². The molecule has 0 saturated carbocycles. The van der Waals surface area contributed by atoms with E-state index in [2.05, 4.69) is 27.5 Å². The van der Waals surface area contributed by atoms with Crippen LogP contribution in [-0.2, 0) is 16.1 Å². The van der Waals surface area contributed by atoms with E-state index in [0.29, 0.717) is 37.4 Å². The number of nitrogens with zero attached hydrogens (tertiary/aromatic N) is 3. The summed E-state index contributed by atoms with van der Waals surface area (Å²) in [6, 6.07) is 8.34. The SMILES string of the molecule is Cc1ccc(NC(=O)N2CCC(C#Cc3cccc4c3CN(C3CCC(=O)NC3=O)C4=O)CC2)nc1. The van der Waals surface area contributed by atoms with Gasteiger partial charge in [0.15, 0.2) is 0 Å². The number of hydrogen-bond acceptors (Lipinski definition) is 5. The number of aromatic nitrogens is 1. The third-order valence-corrected chi connectivity index (χ3v) is 6.92. The van der Waals surface area contributed by atoms with Crippen LogP contribution in [0.5, 0.6) is 0 Å². The normalized spacial score (nSPS) is 19.9. The predicted octanol–water partition coefficient (Wildman–Crippen LogP) is 2.45. The van der Waals surface area contributed by atoms with Gasteiger partial charge in [0.1, 0.15) is 11.9 Å². The molecular weight excluding hydrogens is 458 g/mol. The van der Waals surface area contributed by atoms with Crippen LogP contribution in [0.4, 0.5) is 10.6 Å². The third kappa shape index (κ3) is 4.80. The van der Waals surface area contributed by atoms with Crippen LogP contribution in [0.2, 0.25) is 0 Å². The number of nitrogens with one attached hydrogen (secondary N) is 2. The van der Waals surface area contributed by atoms with Crippen molar-refractivity contribution in [2.75, 3.05) is 18.4 Å². The number of amides is 5. The monoisotopic (exact) mass is 485 g/mol. The van der Waals surface area contributed by atoms with E-state index in [-0.39, 0.29) is 30.2 Å². The van der Waals surface area contributed by atoms with E-state index in [1.165, 1.54) is 4.90 Å². The summed E-state index contributed by atoms with van der Waals surface area (Å²) in [5.41, 5.74) is 3.19. The Labute approximate surface area is 209 Å². The Morgan fingerprint density at radius 3 is 2.64 bits per heavy atom. The first-order valence-electron chi connectivity index (χ1n) is 12.2. The number of aryl methyl sites for hydroxylation is 1. The van der Waals surface area contributed by atoms with Gasteiger partial charge in [0.25, 0.3) is 5.91 Å². The highest BCUT2D eigenvalue weighted by Crippen LogP contribution is 2.29. The first kappa shape index (κ1) is 23.5. The lowest BCUT2D eigenvalue weighted by Gasteiger charge is -2.29. The molecule has 3 aliphatic heterocycles. The van der Waals surface area contributed by atoms with E-state index in [4.69, 9.17) is 0 Å². The molecule has 0 aliphatic carbocycles. The van der Waals surface area contributed by atoms with Crippen LogP contribution in [0.3, 0.4) is 0 Å². The molecule has 0 radical (unpaired) electrons. The fourth-order valence-electron chi connectivity index (χ4n) is 4.84. The van der Waals surface area contributed by atoms with Gasteiger partial charge >= 0.3 is 6.03 Å². The van der Waals surface area contributed by atoms with Crippen LogP contribution in [0, 0.1) is 24.7 Å². The molecule has 1 unspecified atom stereocenters. The fourth-order valence-corrected chi connectivity index (χ4v) is 4.84. The molecule has 184 valence electrons. The van der Waals surface area contributed by atoms with Crippen molar-refractivity contribution in [2.45, 2.75) is 45.2 Å². The molecule has 36 heavy (non-hydrogen) atoms. The zero-order valence-electron chi connectivity index (χ0n) is 20.0. The molecule has 9 nitrogen and oxygen atoms in total. The molecule has 3 aliphatic rings. The second-order valence-corrected chi connectivity index (χ2v) is 9.41. The van der Waals surface area contributed by atoms with Crippen LogP contribution in [-0.4, -0.2) is 57.7 Å². The van der Waals surface area contributed by atoms with Crippen LogP contribution < -0.4 is 10.6 Å². The number of urea groups is 1. The van der Waals surface area contributed by atoms with E-state index in [1.807, 2.05) is 19.1 Å². The quantitative estimate of drug-likeness (QED) is 0.501. The highest BCUT2D eigenvalue weighted by molar-refractivity contribution is 6.05. The Morgan fingerprint density at radius 1 is 1.11 bits per heavy atom. The van der Waals surface area contributed by atoms with Crippen LogP contribution in [0.1, 0.15) is 52.7 Å². The predicted molar refractivity (Wildman–Crippen MR) is 132 cm³/mol. The van der Waals surface area contributed by atoms with Crippen molar-refractivity contribution in [3.05, 3.63) is 58.8 Å². The zero-order chi connectivity index (χ0) is 25.2. The summed E-state index contributed by atoms with van der Waals surface area (Å²) in [7, 11) is 0. The standard InChI is InChI=1S/C27H27N5O4/c1-17-5-9-23(28-15-17)29-27(36)31-13-11-18(12-14-31)6-7-19-3-2-4-20-21(19)16-32(26(20)35)22-8-10-24(33)30-25(22)34/h2-5,9,15,18,22H,8,10-14,16H2,1H3,(H,28,29,36)(H,30,33,34). The summed E-state index contributed by atoms with van der Waals surface area (Å²) in [6.45, 7) is 3.45. The van der Waals surface area contributed by atoms with Crippen molar-refractivity contribution in [3.63, 3.8) is 0 Å². The molecule has 4 heterocycles. The molecule has 0 spiro atoms. The summed E-state index contributed by atoms with van der Waals surface area (Å²) < 4.78 is 0. The maximum atomic E-state index is 13.0. The second-order valence-electron chi connectivity index (χ2n) is 9.41. The minimum atomic E-state index is -0.644. The number of imide groups is 1. The van der Waals surface area contributed by atoms with Gasteiger partial charge in [0.05, 0.1) is 0 Å². The number of carbonyl (C=O) groups is 4. The minimum Gasteiger partial charge on any atom is -0.324 e. The number of pyridine rings is 1. The maximum absolute atomic E-state index is 13.0. The maximum Gasteiger partial charge on any atom is 0.323 e. The Hall–Kier alpha value is -4.19. The van der Waals surface area contributed by atoms with Gasteiger partial charge in [-0.1, -0.05) is 24.0 Å². The second kappa shape index (κ2) is 9.82. The highest BCUT2D eigenvalue weighted by Gasteiger charge is 2.39. The lowest BCUT2D eigenvalue weighted by molar-refractivity contribution is -0.136. The summed E-state index contributed by atoms with van der Waals surface area (Å²) in [4.78, 5) is 56.9. The summed E-state index contributed by atoms with van der Waals surface area (Å²) in [6.07, 6.45) is 3.80. The lowest BCUT2D eigenvalue weighted by atomic mass is 9.96. The third-order valence-electron chi connectivity index (χ3n) is 6.92. The van der Waals surface area contributed by atoms with Gasteiger partial charge in [-0.15, -0.1) is 0 Å². The number of carbonyl (C=O) groups excluding carboxylic acids is 4. The van der Waals surface area contributed by atoms with E-state index >= 15 is 0 Å². The molecule has 2 fully saturated rings. The Morgan fingerprint density at radius 2 is 1.92 bits per heavy atom. The van der Waals surface area contributed by atoms with Gasteiger partial charge in [0.2, 0.25) is 11.8 Å². The summed E-state index contributed by atoms with van der Waals surface area (Å²) >= 11 is 0. The molecule has 1 aromatic carbocycles. The van der Waals surface area contributed by atoms with E-state index in [0.717, 1.165) is 29.5 Å². The van der Waals surface area contributed by atoms with Crippen molar-refractivity contribution in [1.29, 1.82) is 0 Å². The van der Waals surface area contributed by atoms with Crippen molar-refractivity contribution < 1.29 is 19.2 Å². The number of benzene rings is 1. The molecule has 1 atom stereocenters. The average molecular weight is 486 g/mol. The average Bonchev–Trinajstić information content (AvgIpc) is 3.21. The summed E-state index contributed by atoms with van der Waals surface area (Å²) in [5.74, 6) is 6.33. The molecule has 2 saturated heterocycles.